The molecule has 6 heteroatoms. The number of carbonyl (C=O) groups excluding carboxylic acids is 1. The average molecular weight is 329 g/mol. The van der Waals surface area contributed by atoms with E-state index in [1.54, 1.807) is 11.0 Å². The first kappa shape index (κ1) is 16.6. The summed E-state index contributed by atoms with van der Waals surface area (Å²) in [5.41, 5.74) is 0.475. The topological polar surface area (TPSA) is 75.3 Å². The highest BCUT2D eigenvalue weighted by molar-refractivity contribution is 5.80. The maximum Gasteiger partial charge on any atom is 0.258 e. The smallest absolute Gasteiger partial charge is 0.258 e. The first-order valence-electron chi connectivity index (χ1n) is 8.48. The molecule has 6 nitrogen and oxygen atoms in total. The van der Waals surface area contributed by atoms with Gasteiger partial charge in [-0.3, -0.25) is 9.59 Å². The Bertz CT molecular complexity index is 786. The largest absolute Gasteiger partial charge is 0.378 e. The number of rotatable bonds is 4. The van der Waals surface area contributed by atoms with Crippen molar-refractivity contribution < 1.29 is 9.53 Å². The molecule has 2 heterocycles. The number of benzene rings is 1. The van der Waals surface area contributed by atoms with Crippen molar-refractivity contribution >= 4 is 16.8 Å². The summed E-state index contributed by atoms with van der Waals surface area (Å²) in [6, 6.07) is 7.21. The molecule has 0 saturated carbocycles. The summed E-state index contributed by atoms with van der Waals surface area (Å²) in [6.07, 6.45) is 1.69. The number of H-pyrrole nitrogens is 1. The molecule has 0 bridgehead atoms. The first-order chi connectivity index (χ1) is 11.6. The van der Waals surface area contributed by atoms with Crippen LogP contribution < -0.4 is 5.56 Å². The van der Waals surface area contributed by atoms with Gasteiger partial charge in [0, 0.05) is 13.2 Å². The molecule has 0 spiro atoms. The van der Waals surface area contributed by atoms with Gasteiger partial charge in [-0.25, -0.2) is 4.98 Å². The molecule has 1 aliphatic heterocycles. The zero-order chi connectivity index (χ0) is 17.1. The number of para-hydroxylation sites is 1. The SMILES string of the molecule is CCN(Cc1nc2ccccc2c(=O)[nH]1)C(=O)[C@@H]1CCCO[C@H]1C. The Balaban J connectivity index is 1.82. The molecule has 1 aliphatic rings. The Morgan fingerprint density at radius 3 is 2.96 bits per heavy atom. The zero-order valence-corrected chi connectivity index (χ0v) is 14.1. The number of amides is 1. The molecule has 1 fully saturated rings. The quantitative estimate of drug-likeness (QED) is 0.932. The fourth-order valence-electron chi connectivity index (χ4n) is 3.22. The molecule has 1 aromatic heterocycles. The Kier molecular flexibility index (Phi) is 4.94. The fourth-order valence-corrected chi connectivity index (χ4v) is 3.22. The van der Waals surface area contributed by atoms with Gasteiger partial charge in [-0.1, -0.05) is 12.1 Å². The minimum Gasteiger partial charge on any atom is -0.378 e. The van der Waals surface area contributed by atoms with Crippen LogP contribution in [0.4, 0.5) is 0 Å². The molecule has 1 amide bonds. The van der Waals surface area contributed by atoms with Gasteiger partial charge < -0.3 is 14.6 Å². The first-order valence-corrected chi connectivity index (χ1v) is 8.48. The molecule has 2 atom stereocenters. The van der Waals surface area contributed by atoms with Crippen molar-refractivity contribution in [2.45, 2.75) is 39.3 Å². The second kappa shape index (κ2) is 7.13. The molecule has 128 valence electrons. The van der Waals surface area contributed by atoms with Crippen molar-refractivity contribution in [2.24, 2.45) is 5.92 Å². The van der Waals surface area contributed by atoms with Crippen LogP contribution in [0.15, 0.2) is 29.1 Å². The van der Waals surface area contributed by atoms with Gasteiger partial charge in [0.1, 0.15) is 5.82 Å². The Labute approximate surface area is 140 Å². The van der Waals surface area contributed by atoms with E-state index >= 15 is 0 Å². The van der Waals surface area contributed by atoms with E-state index in [0.29, 0.717) is 29.8 Å². The van der Waals surface area contributed by atoms with Crippen molar-refractivity contribution in [3.63, 3.8) is 0 Å². The molecule has 3 rings (SSSR count). The van der Waals surface area contributed by atoms with Crippen LogP contribution in [0.5, 0.6) is 0 Å². The van der Waals surface area contributed by atoms with Crippen LogP contribution in [-0.2, 0) is 16.1 Å². The fraction of sp³-hybridized carbons (Fsp3) is 0.500. The van der Waals surface area contributed by atoms with E-state index in [1.807, 2.05) is 32.0 Å². The van der Waals surface area contributed by atoms with Gasteiger partial charge >= 0.3 is 0 Å². The summed E-state index contributed by atoms with van der Waals surface area (Å²) < 4.78 is 5.61. The second-order valence-corrected chi connectivity index (χ2v) is 6.21. The van der Waals surface area contributed by atoms with Gasteiger partial charge in [0.15, 0.2) is 0 Å². The van der Waals surface area contributed by atoms with Crippen molar-refractivity contribution in [3.8, 4) is 0 Å². The number of fused-ring (bicyclic) bond motifs is 1. The normalized spacial score (nSPS) is 20.9. The molecule has 0 unspecified atom stereocenters. The van der Waals surface area contributed by atoms with Crippen LogP contribution in [0, 0.1) is 5.92 Å². The van der Waals surface area contributed by atoms with Crippen LogP contribution in [-0.4, -0.2) is 40.0 Å². The number of nitrogens with one attached hydrogen (secondary N) is 1. The number of aromatic amines is 1. The van der Waals surface area contributed by atoms with Gasteiger partial charge in [-0.2, -0.15) is 0 Å². The predicted octanol–water partition coefficient (Wildman–Crippen LogP) is 2.09. The lowest BCUT2D eigenvalue weighted by Gasteiger charge is -2.32. The van der Waals surface area contributed by atoms with E-state index in [0.717, 1.165) is 19.4 Å². The van der Waals surface area contributed by atoms with Gasteiger partial charge in [0.2, 0.25) is 5.91 Å². The highest BCUT2D eigenvalue weighted by Crippen LogP contribution is 2.23. The van der Waals surface area contributed by atoms with Crippen LogP contribution in [0.3, 0.4) is 0 Å². The average Bonchev–Trinajstić information content (AvgIpc) is 2.59. The van der Waals surface area contributed by atoms with E-state index < -0.39 is 0 Å². The summed E-state index contributed by atoms with van der Waals surface area (Å²) in [6.45, 7) is 5.48. The van der Waals surface area contributed by atoms with Crippen LogP contribution in [0.2, 0.25) is 0 Å². The molecule has 0 aliphatic carbocycles. The third-order valence-corrected chi connectivity index (χ3v) is 4.62. The molecular formula is C18H23N3O3. The summed E-state index contributed by atoms with van der Waals surface area (Å²) in [5.74, 6) is 0.463. The van der Waals surface area contributed by atoms with Crippen molar-refractivity contribution in [2.75, 3.05) is 13.2 Å². The monoisotopic (exact) mass is 329 g/mol. The molecule has 2 aromatic rings. The van der Waals surface area contributed by atoms with E-state index in [9.17, 15) is 9.59 Å². The lowest BCUT2D eigenvalue weighted by atomic mass is 9.94. The van der Waals surface area contributed by atoms with Crippen molar-refractivity contribution in [1.82, 2.24) is 14.9 Å². The molecule has 1 aromatic carbocycles. The third-order valence-electron chi connectivity index (χ3n) is 4.62. The number of carbonyl (C=O) groups is 1. The molecule has 24 heavy (non-hydrogen) atoms. The van der Waals surface area contributed by atoms with Crippen molar-refractivity contribution in [1.29, 1.82) is 0 Å². The van der Waals surface area contributed by atoms with E-state index in [-0.39, 0.29) is 23.5 Å². The number of aromatic nitrogens is 2. The minimum absolute atomic E-state index is 0.0658. The van der Waals surface area contributed by atoms with Gasteiger partial charge in [-0.05, 0) is 38.8 Å². The number of nitrogens with zero attached hydrogens (tertiary/aromatic N) is 2. The van der Waals surface area contributed by atoms with Crippen LogP contribution >= 0.6 is 0 Å². The van der Waals surface area contributed by atoms with Crippen LogP contribution in [0.25, 0.3) is 10.9 Å². The minimum atomic E-state index is -0.173. The summed E-state index contributed by atoms with van der Waals surface area (Å²) in [4.78, 5) is 34.0. The zero-order valence-electron chi connectivity index (χ0n) is 14.1. The molecule has 1 N–H and O–H groups in total. The summed E-state index contributed by atoms with van der Waals surface area (Å²) >= 11 is 0. The standard InChI is InChI=1S/C18H23N3O3/c1-3-21(18(23)13-8-6-10-24-12(13)2)11-16-19-15-9-5-4-7-14(15)17(22)20-16/h4-5,7,9,12-13H,3,6,8,10-11H2,1-2H3,(H,19,20,22)/t12-,13+/m0/s1. The number of hydrogen-bond acceptors (Lipinski definition) is 4. The van der Waals surface area contributed by atoms with Gasteiger partial charge in [0.05, 0.1) is 29.5 Å². The predicted molar refractivity (Wildman–Crippen MR) is 91.6 cm³/mol. The molecule has 1 saturated heterocycles. The van der Waals surface area contributed by atoms with Crippen molar-refractivity contribution in [3.05, 3.63) is 40.4 Å². The summed E-state index contributed by atoms with van der Waals surface area (Å²) in [5, 5.41) is 0.560. The number of ether oxygens (including phenoxy) is 1. The maximum atomic E-state index is 12.8. The van der Waals surface area contributed by atoms with E-state index in [1.165, 1.54) is 0 Å². The van der Waals surface area contributed by atoms with Gasteiger partial charge in [-0.15, -0.1) is 0 Å². The lowest BCUT2D eigenvalue weighted by Crippen LogP contribution is -2.43. The number of hydrogen-bond donors (Lipinski definition) is 1. The Hall–Kier alpha value is -2.21. The van der Waals surface area contributed by atoms with E-state index in [2.05, 4.69) is 9.97 Å². The Morgan fingerprint density at radius 2 is 2.21 bits per heavy atom. The summed E-state index contributed by atoms with van der Waals surface area (Å²) in [7, 11) is 0. The molecular weight excluding hydrogens is 306 g/mol. The maximum absolute atomic E-state index is 12.8. The Morgan fingerprint density at radius 1 is 1.42 bits per heavy atom. The van der Waals surface area contributed by atoms with Crippen LogP contribution in [0.1, 0.15) is 32.5 Å². The highest BCUT2D eigenvalue weighted by Gasteiger charge is 2.31. The molecule has 0 radical (unpaired) electrons. The van der Waals surface area contributed by atoms with E-state index in [4.69, 9.17) is 4.74 Å². The second-order valence-electron chi connectivity index (χ2n) is 6.21. The highest BCUT2D eigenvalue weighted by atomic mass is 16.5. The third kappa shape index (κ3) is 3.33. The lowest BCUT2D eigenvalue weighted by molar-refractivity contribution is -0.144. The van der Waals surface area contributed by atoms with Gasteiger partial charge in [0.25, 0.3) is 5.56 Å².